The molecule has 1 fully saturated rings. The van der Waals surface area contributed by atoms with Crippen molar-refractivity contribution in [1.82, 2.24) is 20.0 Å². The molecule has 1 aliphatic heterocycles. The molecule has 0 bridgehead atoms. The zero-order valence-electron chi connectivity index (χ0n) is 14.0. The average Bonchev–Trinajstić information content (AvgIpc) is 2.98. The van der Waals surface area contributed by atoms with Gasteiger partial charge in [-0.1, -0.05) is 13.0 Å². The smallest absolute Gasteiger partial charge is 0.220 e. The van der Waals surface area contributed by atoms with Crippen molar-refractivity contribution in [1.29, 1.82) is 0 Å². The third kappa shape index (κ3) is 3.91. The molecular weight excluding hydrogens is 288 g/mol. The molecule has 1 atom stereocenters. The lowest BCUT2D eigenvalue weighted by molar-refractivity contribution is -0.122. The van der Waals surface area contributed by atoms with Crippen LogP contribution in [0.2, 0.25) is 0 Å². The Morgan fingerprint density at radius 1 is 1.48 bits per heavy atom. The molecule has 0 saturated carbocycles. The summed E-state index contributed by atoms with van der Waals surface area (Å²) in [6, 6.07) is 4.05. The second-order valence-corrected chi connectivity index (χ2v) is 6.70. The van der Waals surface area contributed by atoms with Crippen LogP contribution in [0, 0.1) is 18.8 Å². The number of carbonyl (C=O) groups excluding carboxylic acids is 1. The van der Waals surface area contributed by atoms with Gasteiger partial charge in [0.2, 0.25) is 5.91 Å². The first-order chi connectivity index (χ1) is 11.1. The third-order valence-corrected chi connectivity index (χ3v) is 4.89. The third-order valence-electron chi connectivity index (χ3n) is 4.89. The number of nitrogens with zero attached hydrogens (tertiary/aromatic N) is 2. The Hall–Kier alpha value is -1.88. The maximum absolute atomic E-state index is 12.2. The fourth-order valence-electron chi connectivity index (χ4n) is 3.42. The van der Waals surface area contributed by atoms with Crippen molar-refractivity contribution >= 4 is 11.6 Å². The molecule has 0 radical (unpaired) electrons. The lowest BCUT2D eigenvalue weighted by Crippen LogP contribution is -2.33. The highest BCUT2D eigenvalue weighted by Crippen LogP contribution is 2.24. The first-order valence-electron chi connectivity index (χ1n) is 8.54. The summed E-state index contributed by atoms with van der Waals surface area (Å²) in [4.78, 5) is 16.8. The molecule has 2 aromatic heterocycles. The fraction of sp³-hybridized carbons (Fsp3) is 0.556. The zero-order valence-corrected chi connectivity index (χ0v) is 14.0. The summed E-state index contributed by atoms with van der Waals surface area (Å²) in [7, 11) is 0. The van der Waals surface area contributed by atoms with Gasteiger partial charge in [0.05, 0.1) is 12.2 Å². The number of rotatable bonds is 5. The lowest BCUT2D eigenvalue weighted by Gasteiger charge is -2.27. The molecule has 1 amide bonds. The molecule has 2 N–H and O–H groups in total. The van der Waals surface area contributed by atoms with E-state index in [0.29, 0.717) is 24.8 Å². The van der Waals surface area contributed by atoms with E-state index >= 15 is 0 Å². The normalized spacial score (nSPS) is 17.3. The highest BCUT2D eigenvalue weighted by atomic mass is 16.1. The first-order valence-corrected chi connectivity index (χ1v) is 8.54. The topological polar surface area (TPSA) is 58.4 Å². The molecule has 1 unspecified atom stereocenters. The second kappa shape index (κ2) is 7.13. The van der Waals surface area contributed by atoms with E-state index < -0.39 is 0 Å². The van der Waals surface area contributed by atoms with Gasteiger partial charge >= 0.3 is 0 Å². The molecule has 1 saturated heterocycles. The lowest BCUT2D eigenvalue weighted by atomic mass is 9.84. The van der Waals surface area contributed by atoms with Crippen LogP contribution in [0.5, 0.6) is 0 Å². The van der Waals surface area contributed by atoms with Gasteiger partial charge < -0.3 is 15.0 Å². The number of nitrogens with one attached hydrogen (secondary N) is 2. The highest BCUT2D eigenvalue weighted by Gasteiger charge is 2.21. The molecule has 2 aromatic rings. The first kappa shape index (κ1) is 16.0. The van der Waals surface area contributed by atoms with Crippen molar-refractivity contribution in [3.05, 3.63) is 35.8 Å². The summed E-state index contributed by atoms with van der Waals surface area (Å²) in [5, 5.41) is 6.39. The highest BCUT2D eigenvalue weighted by molar-refractivity contribution is 5.76. The minimum atomic E-state index is 0.129. The Morgan fingerprint density at radius 3 is 3.00 bits per heavy atom. The SMILES string of the molecule is Cc1cccn2cc(CNC(=O)CC(C)C3CCNCC3)nc12. The maximum atomic E-state index is 12.2. The van der Waals surface area contributed by atoms with E-state index in [0.717, 1.165) is 30.0 Å². The van der Waals surface area contributed by atoms with Crippen molar-refractivity contribution in [2.24, 2.45) is 11.8 Å². The van der Waals surface area contributed by atoms with Crippen LogP contribution in [-0.2, 0) is 11.3 Å². The Balaban J connectivity index is 1.52. The number of amides is 1. The predicted octanol–water partition coefficient (Wildman–Crippen LogP) is 2.28. The molecule has 23 heavy (non-hydrogen) atoms. The average molecular weight is 314 g/mol. The number of hydrogen-bond donors (Lipinski definition) is 2. The number of pyridine rings is 1. The fourth-order valence-corrected chi connectivity index (χ4v) is 3.42. The van der Waals surface area contributed by atoms with Crippen LogP contribution in [0.1, 0.15) is 37.4 Å². The van der Waals surface area contributed by atoms with Crippen LogP contribution >= 0.6 is 0 Å². The second-order valence-electron chi connectivity index (χ2n) is 6.70. The molecular formula is C18H26N4O. The van der Waals surface area contributed by atoms with Crippen LogP contribution < -0.4 is 10.6 Å². The number of fused-ring (bicyclic) bond motifs is 1. The van der Waals surface area contributed by atoms with E-state index in [1.165, 1.54) is 12.8 Å². The van der Waals surface area contributed by atoms with Gasteiger partial charge in [0.1, 0.15) is 5.65 Å². The van der Waals surface area contributed by atoms with Gasteiger partial charge in [-0.25, -0.2) is 4.98 Å². The van der Waals surface area contributed by atoms with Crippen LogP contribution in [-0.4, -0.2) is 28.4 Å². The number of aryl methyl sites for hydroxylation is 1. The van der Waals surface area contributed by atoms with Crippen molar-refractivity contribution < 1.29 is 4.79 Å². The molecule has 5 heteroatoms. The standard InChI is InChI=1S/C18H26N4O/c1-13-4-3-9-22-12-16(21-18(13)22)11-20-17(23)10-14(2)15-5-7-19-8-6-15/h3-4,9,12,14-15,19H,5-8,10-11H2,1-2H3,(H,20,23). The summed E-state index contributed by atoms with van der Waals surface area (Å²) in [5.74, 6) is 1.24. The van der Waals surface area contributed by atoms with E-state index in [1.54, 1.807) is 0 Å². The summed E-state index contributed by atoms with van der Waals surface area (Å²) >= 11 is 0. The Labute approximate surface area is 137 Å². The summed E-state index contributed by atoms with van der Waals surface area (Å²) < 4.78 is 2.01. The van der Waals surface area contributed by atoms with Gasteiger partial charge in [-0.05, 0) is 56.3 Å². The molecule has 0 spiro atoms. The molecule has 3 rings (SSSR count). The number of aromatic nitrogens is 2. The van der Waals surface area contributed by atoms with E-state index in [4.69, 9.17) is 0 Å². The molecule has 0 aromatic carbocycles. The number of hydrogen-bond acceptors (Lipinski definition) is 3. The monoisotopic (exact) mass is 314 g/mol. The minimum Gasteiger partial charge on any atom is -0.350 e. The summed E-state index contributed by atoms with van der Waals surface area (Å²) in [5.41, 5.74) is 3.01. The molecule has 5 nitrogen and oxygen atoms in total. The summed E-state index contributed by atoms with van der Waals surface area (Å²) in [6.07, 6.45) is 6.94. The number of carbonyl (C=O) groups is 1. The zero-order chi connectivity index (χ0) is 16.2. The number of imidazole rings is 1. The molecule has 124 valence electrons. The van der Waals surface area contributed by atoms with Crippen molar-refractivity contribution in [2.45, 2.75) is 39.7 Å². The van der Waals surface area contributed by atoms with Crippen LogP contribution in [0.15, 0.2) is 24.5 Å². The number of piperidine rings is 1. The van der Waals surface area contributed by atoms with Gasteiger partial charge in [-0.15, -0.1) is 0 Å². The van der Waals surface area contributed by atoms with E-state index in [9.17, 15) is 4.79 Å². The van der Waals surface area contributed by atoms with Gasteiger partial charge in [0.15, 0.2) is 0 Å². The quantitative estimate of drug-likeness (QED) is 0.890. The minimum absolute atomic E-state index is 0.129. The van der Waals surface area contributed by atoms with Crippen molar-refractivity contribution in [3.63, 3.8) is 0 Å². The van der Waals surface area contributed by atoms with E-state index in [1.807, 2.05) is 35.9 Å². The predicted molar refractivity (Wildman–Crippen MR) is 91.2 cm³/mol. The van der Waals surface area contributed by atoms with Gasteiger partial charge in [-0.3, -0.25) is 4.79 Å². The Kier molecular flexibility index (Phi) is 4.96. The van der Waals surface area contributed by atoms with Crippen molar-refractivity contribution in [2.75, 3.05) is 13.1 Å². The molecule has 3 heterocycles. The van der Waals surface area contributed by atoms with Gasteiger partial charge in [0, 0.05) is 18.8 Å². The Bertz CT molecular complexity index is 673. The van der Waals surface area contributed by atoms with Crippen LogP contribution in [0.4, 0.5) is 0 Å². The summed E-state index contributed by atoms with van der Waals surface area (Å²) in [6.45, 7) is 6.91. The van der Waals surface area contributed by atoms with Crippen LogP contribution in [0.3, 0.4) is 0 Å². The molecule has 0 aliphatic carbocycles. The maximum Gasteiger partial charge on any atom is 0.220 e. The molecule has 1 aliphatic rings. The van der Waals surface area contributed by atoms with E-state index in [-0.39, 0.29) is 5.91 Å². The van der Waals surface area contributed by atoms with Crippen LogP contribution in [0.25, 0.3) is 5.65 Å². The van der Waals surface area contributed by atoms with Gasteiger partial charge in [-0.2, -0.15) is 0 Å². The van der Waals surface area contributed by atoms with E-state index in [2.05, 4.69) is 22.5 Å². The Morgan fingerprint density at radius 2 is 2.26 bits per heavy atom. The largest absolute Gasteiger partial charge is 0.350 e. The van der Waals surface area contributed by atoms with Crippen molar-refractivity contribution in [3.8, 4) is 0 Å². The van der Waals surface area contributed by atoms with Gasteiger partial charge in [0.25, 0.3) is 0 Å².